The Balaban J connectivity index is 2.05. The second-order valence-electron chi connectivity index (χ2n) is 4.26. The Morgan fingerprint density at radius 2 is 2.20 bits per heavy atom. The number of nitrogens with zero attached hydrogens (tertiary/aromatic N) is 2. The minimum Gasteiger partial charge on any atom is -0.478 e. The molecule has 0 atom stereocenters. The molecule has 0 bridgehead atoms. The van der Waals surface area contributed by atoms with Gasteiger partial charge in [-0.15, -0.1) is 0 Å². The first-order chi connectivity index (χ1) is 9.45. The first-order valence-corrected chi connectivity index (χ1v) is 5.77. The summed E-state index contributed by atoms with van der Waals surface area (Å²) in [6.07, 6.45) is 2.37. The largest absolute Gasteiger partial charge is 0.478 e. The van der Waals surface area contributed by atoms with Gasteiger partial charge < -0.3 is 10.4 Å². The maximum Gasteiger partial charge on any atom is 0.338 e. The molecule has 0 fully saturated rings. The fraction of sp³-hybridized carbons (Fsp3) is 0.154. The van der Waals surface area contributed by atoms with Gasteiger partial charge in [-0.05, 0) is 24.6 Å². The number of aryl methyl sites for hydroxylation is 1. The van der Waals surface area contributed by atoms with Gasteiger partial charge in [0.1, 0.15) is 12.4 Å². The summed E-state index contributed by atoms with van der Waals surface area (Å²) >= 11 is 0. The number of nitrogens with one attached hydrogen (secondary N) is 1. The van der Waals surface area contributed by atoms with Crippen molar-refractivity contribution in [2.45, 2.75) is 13.5 Å². The predicted octanol–water partition coefficient (Wildman–Crippen LogP) is 1.67. The number of aromatic nitrogens is 2. The van der Waals surface area contributed by atoms with Gasteiger partial charge in [-0.2, -0.15) is 5.10 Å². The molecule has 1 heterocycles. The number of aromatic carboxylic acids is 1. The fourth-order valence-electron chi connectivity index (χ4n) is 1.63. The van der Waals surface area contributed by atoms with Crippen LogP contribution in [0.5, 0.6) is 0 Å². The van der Waals surface area contributed by atoms with E-state index in [4.69, 9.17) is 5.11 Å². The second kappa shape index (κ2) is 5.52. The van der Waals surface area contributed by atoms with Gasteiger partial charge in [0.25, 0.3) is 0 Å². The summed E-state index contributed by atoms with van der Waals surface area (Å²) in [6.45, 7) is 1.59. The van der Waals surface area contributed by atoms with Crippen LogP contribution >= 0.6 is 0 Å². The SMILES string of the molecule is Cc1ccc(F)c(NC(=O)Cn2cc(C(=O)O)cn2)c1. The van der Waals surface area contributed by atoms with Crippen molar-refractivity contribution >= 4 is 17.6 Å². The van der Waals surface area contributed by atoms with Crippen molar-refractivity contribution in [3.05, 3.63) is 47.5 Å². The lowest BCUT2D eigenvalue weighted by molar-refractivity contribution is -0.116. The molecule has 1 aromatic heterocycles. The highest BCUT2D eigenvalue weighted by Gasteiger charge is 2.10. The van der Waals surface area contributed by atoms with E-state index in [1.807, 2.05) is 0 Å². The van der Waals surface area contributed by atoms with Crippen molar-refractivity contribution < 1.29 is 19.1 Å². The van der Waals surface area contributed by atoms with Crippen molar-refractivity contribution in [2.75, 3.05) is 5.32 Å². The lowest BCUT2D eigenvalue weighted by Crippen LogP contribution is -2.19. The normalized spacial score (nSPS) is 10.3. The summed E-state index contributed by atoms with van der Waals surface area (Å²) < 4.78 is 14.6. The monoisotopic (exact) mass is 277 g/mol. The maximum atomic E-state index is 13.5. The Morgan fingerprint density at radius 1 is 1.45 bits per heavy atom. The van der Waals surface area contributed by atoms with E-state index in [9.17, 15) is 14.0 Å². The van der Waals surface area contributed by atoms with Crippen LogP contribution in [0.25, 0.3) is 0 Å². The quantitative estimate of drug-likeness (QED) is 0.890. The van der Waals surface area contributed by atoms with Crippen LogP contribution in [0.4, 0.5) is 10.1 Å². The van der Waals surface area contributed by atoms with E-state index < -0.39 is 17.7 Å². The molecule has 0 spiro atoms. The number of anilines is 1. The Morgan fingerprint density at radius 3 is 2.85 bits per heavy atom. The van der Waals surface area contributed by atoms with Crippen LogP contribution in [-0.2, 0) is 11.3 Å². The number of hydrogen-bond acceptors (Lipinski definition) is 3. The summed E-state index contributed by atoms with van der Waals surface area (Å²) in [5.74, 6) is -2.15. The Hall–Kier alpha value is -2.70. The van der Waals surface area contributed by atoms with Crippen LogP contribution in [0, 0.1) is 12.7 Å². The average molecular weight is 277 g/mol. The summed E-state index contributed by atoms with van der Waals surface area (Å²) in [6, 6.07) is 4.37. The molecular weight excluding hydrogens is 265 g/mol. The van der Waals surface area contributed by atoms with Crippen LogP contribution < -0.4 is 5.32 Å². The van der Waals surface area contributed by atoms with Crippen LogP contribution in [-0.4, -0.2) is 26.8 Å². The Labute approximate surface area is 113 Å². The number of benzene rings is 1. The summed E-state index contributed by atoms with van der Waals surface area (Å²) in [5.41, 5.74) is 0.883. The zero-order valence-corrected chi connectivity index (χ0v) is 10.6. The first kappa shape index (κ1) is 13.7. The van der Waals surface area contributed by atoms with Gasteiger partial charge >= 0.3 is 5.97 Å². The van der Waals surface area contributed by atoms with E-state index in [-0.39, 0.29) is 17.8 Å². The van der Waals surface area contributed by atoms with E-state index >= 15 is 0 Å². The highest BCUT2D eigenvalue weighted by atomic mass is 19.1. The molecule has 2 aromatic rings. The number of hydrogen-bond donors (Lipinski definition) is 2. The first-order valence-electron chi connectivity index (χ1n) is 5.77. The van der Waals surface area contributed by atoms with E-state index in [1.54, 1.807) is 13.0 Å². The van der Waals surface area contributed by atoms with Crippen LogP contribution in [0.1, 0.15) is 15.9 Å². The molecule has 0 saturated heterocycles. The number of carbonyl (C=O) groups excluding carboxylic acids is 1. The minimum absolute atomic E-state index is 0.0143. The molecule has 1 aromatic carbocycles. The molecule has 0 unspecified atom stereocenters. The highest BCUT2D eigenvalue weighted by Crippen LogP contribution is 2.15. The van der Waals surface area contributed by atoms with Gasteiger partial charge in [0.15, 0.2) is 0 Å². The molecular formula is C13H12FN3O3. The van der Waals surface area contributed by atoms with Crippen molar-refractivity contribution in [3.8, 4) is 0 Å². The topological polar surface area (TPSA) is 84.2 Å². The molecule has 1 amide bonds. The summed E-state index contributed by atoms with van der Waals surface area (Å²) in [5, 5.41) is 14.9. The number of carboxylic acid groups (broad SMARTS) is 1. The maximum absolute atomic E-state index is 13.5. The summed E-state index contributed by atoms with van der Waals surface area (Å²) in [4.78, 5) is 22.4. The predicted molar refractivity (Wildman–Crippen MR) is 69.0 cm³/mol. The molecule has 0 aliphatic carbocycles. The second-order valence-corrected chi connectivity index (χ2v) is 4.26. The van der Waals surface area contributed by atoms with Gasteiger partial charge in [-0.25, -0.2) is 9.18 Å². The van der Waals surface area contributed by atoms with Crippen molar-refractivity contribution in [3.63, 3.8) is 0 Å². The third-order valence-corrected chi connectivity index (χ3v) is 2.58. The molecule has 20 heavy (non-hydrogen) atoms. The lowest BCUT2D eigenvalue weighted by Gasteiger charge is -2.07. The molecule has 104 valence electrons. The van der Waals surface area contributed by atoms with Crippen LogP contribution in [0.2, 0.25) is 0 Å². The van der Waals surface area contributed by atoms with Crippen molar-refractivity contribution in [2.24, 2.45) is 0 Å². The molecule has 2 N–H and O–H groups in total. The number of amides is 1. The minimum atomic E-state index is -1.12. The van der Waals surface area contributed by atoms with E-state index in [0.717, 1.165) is 11.8 Å². The summed E-state index contributed by atoms with van der Waals surface area (Å²) in [7, 11) is 0. The zero-order chi connectivity index (χ0) is 14.7. The van der Waals surface area contributed by atoms with E-state index in [0.29, 0.717) is 0 Å². The standard InChI is InChI=1S/C13H12FN3O3/c1-8-2-3-10(14)11(4-8)16-12(18)7-17-6-9(5-15-17)13(19)20/h2-6H,7H2,1H3,(H,16,18)(H,19,20). The van der Waals surface area contributed by atoms with Crippen molar-refractivity contribution in [1.82, 2.24) is 9.78 Å². The molecule has 0 saturated carbocycles. The van der Waals surface area contributed by atoms with Gasteiger partial charge in [0, 0.05) is 6.20 Å². The average Bonchev–Trinajstić information content (AvgIpc) is 2.82. The molecule has 2 rings (SSSR count). The third kappa shape index (κ3) is 3.19. The molecule has 0 aliphatic heterocycles. The molecule has 6 nitrogen and oxygen atoms in total. The van der Waals surface area contributed by atoms with E-state index in [1.165, 1.54) is 23.0 Å². The Bertz CT molecular complexity index is 667. The number of carboxylic acids is 1. The number of rotatable bonds is 4. The van der Waals surface area contributed by atoms with Crippen LogP contribution in [0.3, 0.4) is 0 Å². The Kier molecular flexibility index (Phi) is 3.79. The van der Waals surface area contributed by atoms with Gasteiger partial charge in [0.2, 0.25) is 5.91 Å². The molecule has 7 heteroatoms. The number of halogens is 1. The highest BCUT2D eigenvalue weighted by molar-refractivity contribution is 5.91. The van der Waals surface area contributed by atoms with Gasteiger partial charge in [-0.3, -0.25) is 9.48 Å². The lowest BCUT2D eigenvalue weighted by atomic mass is 10.2. The van der Waals surface area contributed by atoms with Gasteiger partial charge in [-0.1, -0.05) is 6.07 Å². The molecule has 0 radical (unpaired) electrons. The molecule has 0 aliphatic rings. The van der Waals surface area contributed by atoms with Crippen LogP contribution in [0.15, 0.2) is 30.6 Å². The van der Waals surface area contributed by atoms with Crippen molar-refractivity contribution in [1.29, 1.82) is 0 Å². The van der Waals surface area contributed by atoms with Gasteiger partial charge in [0.05, 0.1) is 17.4 Å². The number of carbonyl (C=O) groups is 2. The zero-order valence-electron chi connectivity index (χ0n) is 10.6. The fourth-order valence-corrected chi connectivity index (χ4v) is 1.63. The van der Waals surface area contributed by atoms with E-state index in [2.05, 4.69) is 10.4 Å². The smallest absolute Gasteiger partial charge is 0.338 e. The third-order valence-electron chi connectivity index (χ3n) is 2.58.